The average molecular weight is 318 g/mol. The lowest BCUT2D eigenvalue weighted by Gasteiger charge is -2.04. The van der Waals surface area contributed by atoms with E-state index in [9.17, 15) is 17.2 Å². The minimum absolute atomic E-state index is 0.0240. The van der Waals surface area contributed by atoms with Crippen LogP contribution in [0.3, 0.4) is 0 Å². The van der Waals surface area contributed by atoms with Crippen LogP contribution in [0.2, 0.25) is 0 Å². The van der Waals surface area contributed by atoms with Crippen LogP contribution in [0.25, 0.3) is 10.2 Å². The molecule has 2 aromatic heterocycles. The van der Waals surface area contributed by atoms with Gasteiger partial charge in [-0.3, -0.25) is 0 Å². The number of halogens is 2. The van der Waals surface area contributed by atoms with Crippen molar-refractivity contribution in [3.05, 3.63) is 29.9 Å². The van der Waals surface area contributed by atoms with E-state index in [4.69, 9.17) is 0 Å². The summed E-state index contributed by atoms with van der Waals surface area (Å²) in [4.78, 5) is 8.48. The maximum absolute atomic E-state index is 12.2. The fourth-order valence-electron chi connectivity index (χ4n) is 1.76. The molecular weight excluding hydrogens is 306 g/mol. The Balaban J connectivity index is 2.07. The van der Waals surface area contributed by atoms with Crippen molar-refractivity contribution < 1.29 is 17.2 Å². The normalized spacial score (nSPS) is 11.7. The zero-order valence-electron chi connectivity index (χ0n) is 10.4. The summed E-state index contributed by atoms with van der Waals surface area (Å²) in [5.74, 6) is -0.100. The smallest absolute Gasteiger partial charge is 0.225 e. The molecule has 0 aliphatic heterocycles. The maximum Gasteiger partial charge on any atom is 0.266 e. The highest BCUT2D eigenvalue weighted by Gasteiger charge is 2.19. The molecule has 8 heteroatoms. The quantitative estimate of drug-likeness (QED) is 0.605. The van der Waals surface area contributed by atoms with E-state index in [0.717, 1.165) is 6.08 Å². The standard InChI is InChI=1S/C12H12F2N2O2S2/c13-10(14)4-2-1-3-7-20(17,18)12-9-5-6-19-11(9)15-8-16-12/h4-6,8H,1-3,7H2. The molecule has 0 atom stereocenters. The van der Waals surface area contributed by atoms with E-state index in [-0.39, 0.29) is 17.2 Å². The molecule has 0 saturated carbocycles. The van der Waals surface area contributed by atoms with E-state index in [0.29, 0.717) is 23.1 Å². The molecule has 20 heavy (non-hydrogen) atoms. The van der Waals surface area contributed by atoms with Gasteiger partial charge in [-0.15, -0.1) is 11.3 Å². The van der Waals surface area contributed by atoms with Crippen molar-refractivity contribution in [2.24, 2.45) is 0 Å². The lowest BCUT2D eigenvalue weighted by atomic mass is 10.2. The summed E-state index contributed by atoms with van der Waals surface area (Å²) in [6.07, 6.45) is 1.19. The topological polar surface area (TPSA) is 59.9 Å². The van der Waals surface area contributed by atoms with E-state index >= 15 is 0 Å². The second kappa shape index (κ2) is 6.36. The first-order valence-electron chi connectivity index (χ1n) is 5.93. The average Bonchev–Trinajstić information content (AvgIpc) is 2.85. The number of hydrogen-bond donors (Lipinski definition) is 0. The number of allylic oxidation sites excluding steroid dienone is 1. The van der Waals surface area contributed by atoms with E-state index in [1.807, 2.05) is 0 Å². The highest BCUT2D eigenvalue weighted by molar-refractivity contribution is 7.91. The van der Waals surface area contributed by atoms with Crippen LogP contribution in [0, 0.1) is 0 Å². The van der Waals surface area contributed by atoms with E-state index in [1.165, 1.54) is 17.7 Å². The fraction of sp³-hybridized carbons (Fsp3) is 0.333. The molecule has 0 radical (unpaired) electrons. The van der Waals surface area contributed by atoms with Gasteiger partial charge in [0, 0.05) is 5.39 Å². The summed E-state index contributed by atoms with van der Waals surface area (Å²) in [6.45, 7) is 0. The Kier molecular flexibility index (Phi) is 4.77. The molecule has 0 amide bonds. The van der Waals surface area contributed by atoms with Crippen molar-refractivity contribution >= 4 is 31.4 Å². The number of aromatic nitrogens is 2. The predicted molar refractivity (Wildman–Crippen MR) is 73.6 cm³/mol. The molecule has 2 aromatic rings. The minimum atomic E-state index is -3.51. The number of hydrogen-bond acceptors (Lipinski definition) is 5. The van der Waals surface area contributed by atoms with Gasteiger partial charge in [0.2, 0.25) is 0 Å². The molecule has 0 N–H and O–H groups in total. The van der Waals surface area contributed by atoms with Gasteiger partial charge in [-0.1, -0.05) is 0 Å². The molecule has 0 unspecified atom stereocenters. The van der Waals surface area contributed by atoms with Crippen LogP contribution >= 0.6 is 11.3 Å². The van der Waals surface area contributed by atoms with E-state index < -0.39 is 15.9 Å². The Morgan fingerprint density at radius 3 is 2.85 bits per heavy atom. The zero-order valence-corrected chi connectivity index (χ0v) is 12.1. The van der Waals surface area contributed by atoms with Crippen LogP contribution in [0.1, 0.15) is 19.3 Å². The van der Waals surface area contributed by atoms with Gasteiger partial charge in [-0.05, 0) is 36.8 Å². The summed E-state index contributed by atoms with van der Waals surface area (Å²) >= 11 is 1.35. The van der Waals surface area contributed by atoms with Gasteiger partial charge in [0.25, 0.3) is 6.08 Å². The molecule has 0 aromatic carbocycles. The molecule has 2 rings (SSSR count). The monoisotopic (exact) mass is 318 g/mol. The van der Waals surface area contributed by atoms with Crippen molar-refractivity contribution in [2.75, 3.05) is 5.75 Å². The van der Waals surface area contributed by atoms with Gasteiger partial charge in [-0.25, -0.2) is 18.4 Å². The second-order valence-corrected chi connectivity index (χ2v) is 7.05. The molecule has 2 heterocycles. The first-order valence-corrected chi connectivity index (χ1v) is 8.46. The van der Waals surface area contributed by atoms with E-state index in [2.05, 4.69) is 9.97 Å². The Morgan fingerprint density at radius 2 is 2.10 bits per heavy atom. The van der Waals surface area contributed by atoms with Gasteiger partial charge in [0.05, 0.1) is 5.75 Å². The van der Waals surface area contributed by atoms with Crippen molar-refractivity contribution in [3.8, 4) is 0 Å². The minimum Gasteiger partial charge on any atom is -0.225 e. The Hall–Kier alpha value is -1.41. The second-order valence-electron chi connectivity index (χ2n) is 4.13. The van der Waals surface area contributed by atoms with Crippen molar-refractivity contribution in [1.29, 1.82) is 0 Å². The summed E-state index contributed by atoms with van der Waals surface area (Å²) < 4.78 is 48.0. The van der Waals surface area contributed by atoms with Gasteiger partial charge < -0.3 is 0 Å². The molecule has 0 spiro atoms. The third-order valence-electron chi connectivity index (χ3n) is 2.69. The third-order valence-corrected chi connectivity index (χ3v) is 5.25. The van der Waals surface area contributed by atoms with Gasteiger partial charge >= 0.3 is 0 Å². The summed E-state index contributed by atoms with van der Waals surface area (Å²) in [5.41, 5.74) is 0. The van der Waals surface area contributed by atoms with Crippen LogP contribution in [0.15, 0.2) is 35.0 Å². The fourth-order valence-corrected chi connectivity index (χ4v) is 4.04. The van der Waals surface area contributed by atoms with Crippen molar-refractivity contribution in [2.45, 2.75) is 24.3 Å². The Labute approximate surface area is 119 Å². The summed E-state index contributed by atoms with van der Waals surface area (Å²) in [5, 5.41) is 2.30. The molecule has 0 bridgehead atoms. The van der Waals surface area contributed by atoms with Crippen molar-refractivity contribution in [1.82, 2.24) is 9.97 Å². The largest absolute Gasteiger partial charge is 0.266 e. The van der Waals surface area contributed by atoms with Crippen LogP contribution < -0.4 is 0 Å². The number of unbranched alkanes of at least 4 members (excludes halogenated alkanes) is 2. The Morgan fingerprint density at radius 1 is 1.30 bits per heavy atom. The lowest BCUT2D eigenvalue weighted by Crippen LogP contribution is -2.09. The summed E-state index contributed by atoms with van der Waals surface area (Å²) in [7, 11) is -3.51. The molecular formula is C12H12F2N2O2S2. The number of sulfone groups is 1. The SMILES string of the molecule is O=S(=O)(CCCCC=C(F)F)c1ncnc2sccc12. The van der Waals surface area contributed by atoms with Gasteiger partial charge in [0.1, 0.15) is 11.2 Å². The van der Waals surface area contributed by atoms with Crippen molar-refractivity contribution in [3.63, 3.8) is 0 Å². The number of nitrogens with zero attached hydrogens (tertiary/aromatic N) is 2. The molecule has 4 nitrogen and oxygen atoms in total. The molecule has 108 valence electrons. The highest BCUT2D eigenvalue weighted by Crippen LogP contribution is 2.24. The van der Waals surface area contributed by atoms with Crippen LogP contribution in [-0.2, 0) is 9.84 Å². The van der Waals surface area contributed by atoms with Crippen LogP contribution in [0.4, 0.5) is 8.78 Å². The van der Waals surface area contributed by atoms with Gasteiger partial charge in [-0.2, -0.15) is 8.78 Å². The molecule has 0 saturated heterocycles. The lowest BCUT2D eigenvalue weighted by molar-refractivity contribution is 0.417. The number of thiophene rings is 1. The molecule has 0 fully saturated rings. The zero-order chi connectivity index (χ0) is 14.6. The molecule has 0 aliphatic carbocycles. The summed E-state index contributed by atoms with van der Waals surface area (Å²) in [6, 6.07) is 1.67. The molecule has 0 aliphatic rings. The Bertz CT molecular complexity index is 722. The van der Waals surface area contributed by atoms with E-state index in [1.54, 1.807) is 11.4 Å². The number of rotatable bonds is 6. The first-order chi connectivity index (χ1) is 9.50. The third kappa shape index (κ3) is 3.57. The van der Waals surface area contributed by atoms with Crippen LogP contribution in [0.5, 0.6) is 0 Å². The number of fused-ring (bicyclic) bond motifs is 1. The highest BCUT2D eigenvalue weighted by atomic mass is 32.2. The van der Waals surface area contributed by atoms with Crippen LogP contribution in [-0.4, -0.2) is 24.1 Å². The maximum atomic E-state index is 12.2. The predicted octanol–water partition coefficient (Wildman–Crippen LogP) is 3.42. The first kappa shape index (κ1) is 15.0. The van der Waals surface area contributed by atoms with Gasteiger partial charge in [0.15, 0.2) is 14.9 Å².